The van der Waals surface area contributed by atoms with Gasteiger partial charge in [-0.3, -0.25) is 0 Å². The Balaban J connectivity index is 2.99. The molecule has 0 aliphatic carbocycles. The number of hydrogen-bond acceptors (Lipinski definition) is 0. The van der Waals surface area contributed by atoms with E-state index < -0.39 is 0 Å². The lowest BCUT2D eigenvalue weighted by Crippen LogP contribution is -1.86. The summed E-state index contributed by atoms with van der Waals surface area (Å²) >= 11 is 0. The summed E-state index contributed by atoms with van der Waals surface area (Å²) in [5, 5.41) is 0. The normalized spacial score (nSPS) is 11.6. The van der Waals surface area contributed by atoms with Gasteiger partial charge >= 0.3 is 0 Å². The maximum Gasteiger partial charge on any atom is -0.0303 e. The Kier molecular flexibility index (Phi) is 27.0. The fraction of sp³-hybridized carbons (Fsp3) is 0.967. The van der Waals surface area contributed by atoms with Gasteiger partial charge in [-0.25, -0.2) is 0 Å². The van der Waals surface area contributed by atoms with Gasteiger partial charge in [-0.05, 0) is 12.3 Å². The zero-order valence-corrected chi connectivity index (χ0v) is 21.9. The minimum atomic E-state index is 1.35. The molecule has 181 valence electrons. The molecular weight excluding hydrogens is 360 g/mol. The summed E-state index contributed by atoms with van der Waals surface area (Å²) in [5.41, 5.74) is 0. The number of rotatable bonds is 26. The van der Waals surface area contributed by atoms with Crippen LogP contribution >= 0.6 is 0 Å². The van der Waals surface area contributed by atoms with E-state index >= 15 is 0 Å². The minimum absolute atomic E-state index is 1.35. The molecule has 0 amide bonds. The number of unbranched alkanes of at least 4 members (excludes halogenated alkanes) is 24. The van der Waals surface area contributed by atoms with Crippen molar-refractivity contribution in [3.8, 4) is 0 Å². The molecule has 0 unspecified atom stereocenters. The Morgan fingerprint density at radius 3 is 0.700 bits per heavy atom. The maximum absolute atomic E-state index is 2.30. The molecule has 30 heavy (non-hydrogen) atoms. The quantitative estimate of drug-likeness (QED) is 0.122. The highest BCUT2D eigenvalue weighted by Gasteiger charge is 1.97. The van der Waals surface area contributed by atoms with Crippen LogP contribution in [-0.2, 0) is 0 Å². The Bertz CT molecular complexity index is 280. The van der Waals surface area contributed by atoms with Crippen molar-refractivity contribution in [3.63, 3.8) is 0 Å². The molecule has 0 rings (SSSR count). The van der Waals surface area contributed by atoms with Crippen LogP contribution in [-0.4, -0.2) is 0 Å². The molecular formula is C30H61. The van der Waals surface area contributed by atoms with Crippen molar-refractivity contribution < 1.29 is 0 Å². The zero-order valence-electron chi connectivity index (χ0n) is 21.9. The van der Waals surface area contributed by atoms with Crippen LogP contribution < -0.4 is 0 Å². The van der Waals surface area contributed by atoms with Crippen LogP contribution in [0.2, 0.25) is 0 Å². The molecule has 0 aromatic heterocycles. The summed E-state index contributed by atoms with van der Waals surface area (Å²) in [6.07, 6.45) is 38.2. The molecule has 0 saturated heterocycles. The molecule has 0 spiro atoms. The Labute approximate surface area is 193 Å². The Hall–Kier alpha value is 0. The van der Waals surface area contributed by atoms with Gasteiger partial charge in [0.2, 0.25) is 0 Å². The highest BCUT2D eigenvalue weighted by Crippen LogP contribution is 2.16. The van der Waals surface area contributed by atoms with Crippen molar-refractivity contribution >= 4 is 0 Å². The van der Waals surface area contributed by atoms with Gasteiger partial charge in [0.1, 0.15) is 0 Å². The minimum Gasteiger partial charge on any atom is -0.0654 e. The van der Waals surface area contributed by atoms with E-state index in [9.17, 15) is 0 Å². The molecule has 0 atom stereocenters. The Morgan fingerprint density at radius 1 is 0.300 bits per heavy atom. The highest BCUT2D eigenvalue weighted by atomic mass is 14.0. The highest BCUT2D eigenvalue weighted by molar-refractivity contribution is 4.75. The first-order valence-electron chi connectivity index (χ1n) is 14.6. The molecule has 0 nitrogen and oxygen atoms in total. The standard InChI is InChI=1S/C30H61/c1-4-5-6-7-8-9-10-11-12-13-14-15-16-17-18-19-20-21-22-23-24-25-26-27-28-29-30(2)3/h4-29H2,1-3H3. The SMILES string of the molecule is CCCCCCCCCCCCCCCCCCCCCCCCCCC[C](C)C. The summed E-state index contributed by atoms with van der Waals surface area (Å²) in [6.45, 7) is 6.83. The summed E-state index contributed by atoms with van der Waals surface area (Å²) in [7, 11) is 0. The molecule has 0 fully saturated rings. The summed E-state index contributed by atoms with van der Waals surface area (Å²) in [5.74, 6) is 1.60. The molecule has 0 N–H and O–H groups in total. The first kappa shape index (κ1) is 30.0. The largest absolute Gasteiger partial charge is 0.0654 e. The third-order valence-electron chi connectivity index (χ3n) is 6.78. The van der Waals surface area contributed by atoms with E-state index in [1.807, 2.05) is 0 Å². The lowest BCUT2D eigenvalue weighted by molar-refractivity contribution is 0.515. The smallest absolute Gasteiger partial charge is 0.0303 e. The molecule has 0 saturated carbocycles. The van der Waals surface area contributed by atoms with Gasteiger partial charge in [0, 0.05) is 0 Å². The van der Waals surface area contributed by atoms with Gasteiger partial charge in [0.15, 0.2) is 0 Å². The third-order valence-corrected chi connectivity index (χ3v) is 6.78. The van der Waals surface area contributed by atoms with E-state index in [1.165, 1.54) is 167 Å². The monoisotopic (exact) mass is 421 g/mol. The van der Waals surface area contributed by atoms with E-state index in [0.29, 0.717) is 0 Å². The van der Waals surface area contributed by atoms with Gasteiger partial charge in [0.25, 0.3) is 0 Å². The molecule has 0 aromatic carbocycles. The molecule has 0 heteroatoms. The molecule has 0 aromatic rings. The van der Waals surface area contributed by atoms with Crippen molar-refractivity contribution in [3.05, 3.63) is 5.92 Å². The third kappa shape index (κ3) is 28.0. The van der Waals surface area contributed by atoms with E-state index in [0.717, 1.165) is 0 Å². The van der Waals surface area contributed by atoms with Crippen molar-refractivity contribution in [2.75, 3.05) is 0 Å². The average molecular weight is 422 g/mol. The van der Waals surface area contributed by atoms with E-state index in [-0.39, 0.29) is 0 Å². The fourth-order valence-electron chi connectivity index (χ4n) is 4.62. The van der Waals surface area contributed by atoms with Gasteiger partial charge < -0.3 is 0 Å². The lowest BCUT2D eigenvalue weighted by Gasteiger charge is -2.05. The van der Waals surface area contributed by atoms with Crippen molar-refractivity contribution in [1.82, 2.24) is 0 Å². The van der Waals surface area contributed by atoms with Crippen LogP contribution in [0.1, 0.15) is 188 Å². The average Bonchev–Trinajstić information content (AvgIpc) is 2.73. The van der Waals surface area contributed by atoms with Gasteiger partial charge in [-0.15, -0.1) is 0 Å². The fourth-order valence-corrected chi connectivity index (χ4v) is 4.62. The molecule has 1 radical (unpaired) electrons. The van der Waals surface area contributed by atoms with Crippen molar-refractivity contribution in [2.45, 2.75) is 188 Å². The van der Waals surface area contributed by atoms with Gasteiger partial charge in [0.05, 0.1) is 0 Å². The van der Waals surface area contributed by atoms with Crippen LogP contribution in [0, 0.1) is 5.92 Å². The van der Waals surface area contributed by atoms with Crippen LogP contribution in [0.3, 0.4) is 0 Å². The second kappa shape index (κ2) is 27.0. The number of hydrogen-bond donors (Lipinski definition) is 0. The van der Waals surface area contributed by atoms with Crippen LogP contribution in [0.25, 0.3) is 0 Å². The van der Waals surface area contributed by atoms with Gasteiger partial charge in [-0.2, -0.15) is 0 Å². The van der Waals surface area contributed by atoms with Crippen LogP contribution in [0.4, 0.5) is 0 Å². The summed E-state index contributed by atoms with van der Waals surface area (Å²) in [6, 6.07) is 0. The Morgan fingerprint density at radius 2 is 0.500 bits per heavy atom. The maximum atomic E-state index is 2.30. The zero-order chi connectivity index (χ0) is 22.0. The predicted molar refractivity (Wildman–Crippen MR) is 140 cm³/mol. The van der Waals surface area contributed by atoms with Gasteiger partial charge in [-0.1, -0.05) is 181 Å². The molecule has 0 bridgehead atoms. The van der Waals surface area contributed by atoms with E-state index in [4.69, 9.17) is 0 Å². The molecule has 0 aliphatic heterocycles. The first-order valence-corrected chi connectivity index (χ1v) is 14.6. The molecule has 0 heterocycles. The van der Waals surface area contributed by atoms with E-state index in [1.54, 1.807) is 5.92 Å². The second-order valence-electron chi connectivity index (χ2n) is 10.4. The van der Waals surface area contributed by atoms with Crippen molar-refractivity contribution in [1.29, 1.82) is 0 Å². The van der Waals surface area contributed by atoms with Crippen molar-refractivity contribution in [2.24, 2.45) is 0 Å². The van der Waals surface area contributed by atoms with Crippen LogP contribution in [0.5, 0.6) is 0 Å². The lowest BCUT2D eigenvalue weighted by atomic mass is 10.0. The summed E-state index contributed by atoms with van der Waals surface area (Å²) in [4.78, 5) is 0. The first-order chi connectivity index (χ1) is 14.8. The molecule has 0 aliphatic rings. The summed E-state index contributed by atoms with van der Waals surface area (Å²) < 4.78 is 0. The van der Waals surface area contributed by atoms with Crippen LogP contribution in [0.15, 0.2) is 0 Å². The van der Waals surface area contributed by atoms with E-state index in [2.05, 4.69) is 20.8 Å². The second-order valence-corrected chi connectivity index (χ2v) is 10.4. The topological polar surface area (TPSA) is 0 Å². The predicted octanol–water partition coefficient (Wildman–Crippen LogP) is 11.8.